The predicted molar refractivity (Wildman–Crippen MR) is 88.9 cm³/mol. The van der Waals surface area contributed by atoms with Crippen LogP contribution in [-0.4, -0.2) is 18.3 Å². The minimum absolute atomic E-state index is 0.438. The monoisotopic (exact) mass is 316 g/mol. The summed E-state index contributed by atoms with van der Waals surface area (Å²) in [5.41, 5.74) is 3.33. The number of anilines is 1. The predicted octanol–water partition coefficient (Wildman–Crippen LogP) is 3.46. The largest absolute Gasteiger partial charge is 0.496 e. The van der Waals surface area contributed by atoms with Crippen LogP contribution in [0.4, 0.5) is 5.69 Å². The van der Waals surface area contributed by atoms with Gasteiger partial charge in [0.2, 0.25) is 0 Å². The molecule has 0 radical (unpaired) electrons. The summed E-state index contributed by atoms with van der Waals surface area (Å²) in [5.74, 6) is 0.445. The topological polar surface area (TPSA) is 67.3 Å². The Balaban J connectivity index is 1.77. The van der Waals surface area contributed by atoms with Gasteiger partial charge in [-0.05, 0) is 42.2 Å². The van der Waals surface area contributed by atoms with Gasteiger partial charge >= 0.3 is 5.76 Å². The SMILES string of the molecule is COc1ccc(CNc2ccc3oc(=O)[nH]c3c2)cc1SC. The summed E-state index contributed by atoms with van der Waals surface area (Å²) in [6, 6.07) is 11.6. The van der Waals surface area contributed by atoms with Crippen molar-refractivity contribution in [2.45, 2.75) is 11.4 Å². The van der Waals surface area contributed by atoms with Crippen molar-refractivity contribution in [1.82, 2.24) is 4.98 Å². The van der Waals surface area contributed by atoms with Crippen molar-refractivity contribution in [2.75, 3.05) is 18.7 Å². The van der Waals surface area contributed by atoms with E-state index in [4.69, 9.17) is 9.15 Å². The zero-order chi connectivity index (χ0) is 15.5. The van der Waals surface area contributed by atoms with E-state index in [-0.39, 0.29) is 0 Å². The van der Waals surface area contributed by atoms with Crippen LogP contribution in [0, 0.1) is 0 Å². The Morgan fingerprint density at radius 2 is 2.14 bits per heavy atom. The van der Waals surface area contributed by atoms with Crippen molar-refractivity contribution in [3.05, 3.63) is 52.5 Å². The number of benzene rings is 2. The normalized spacial score (nSPS) is 10.8. The molecule has 0 atom stereocenters. The van der Waals surface area contributed by atoms with Crippen molar-refractivity contribution in [3.8, 4) is 5.75 Å². The average molecular weight is 316 g/mol. The van der Waals surface area contributed by atoms with Gasteiger partial charge in [0, 0.05) is 17.1 Å². The first-order valence-corrected chi connectivity index (χ1v) is 8.00. The fourth-order valence-corrected chi connectivity index (χ4v) is 2.88. The number of hydrogen-bond donors (Lipinski definition) is 2. The number of aromatic amines is 1. The second kappa shape index (κ2) is 6.19. The number of aromatic nitrogens is 1. The molecule has 1 aromatic heterocycles. The quantitative estimate of drug-likeness (QED) is 0.706. The van der Waals surface area contributed by atoms with Gasteiger partial charge in [-0.25, -0.2) is 4.79 Å². The van der Waals surface area contributed by atoms with E-state index in [0.29, 0.717) is 17.6 Å². The minimum atomic E-state index is -0.438. The van der Waals surface area contributed by atoms with Crippen LogP contribution in [0.15, 0.2) is 50.5 Å². The zero-order valence-corrected chi connectivity index (χ0v) is 13.1. The lowest BCUT2D eigenvalue weighted by molar-refractivity contribution is 0.404. The first-order chi connectivity index (χ1) is 10.7. The Bertz CT molecular complexity index is 854. The number of oxazole rings is 1. The number of ether oxygens (including phenoxy) is 1. The third-order valence-corrected chi connectivity index (χ3v) is 4.12. The highest BCUT2D eigenvalue weighted by Gasteiger charge is 2.05. The van der Waals surface area contributed by atoms with Crippen molar-refractivity contribution in [1.29, 1.82) is 0 Å². The summed E-state index contributed by atoms with van der Waals surface area (Å²) in [5, 5.41) is 3.34. The van der Waals surface area contributed by atoms with Crippen LogP contribution >= 0.6 is 11.8 Å². The number of H-pyrrole nitrogens is 1. The molecule has 0 aliphatic heterocycles. The first kappa shape index (κ1) is 14.6. The summed E-state index contributed by atoms with van der Waals surface area (Å²) in [7, 11) is 1.67. The van der Waals surface area contributed by atoms with E-state index >= 15 is 0 Å². The molecule has 0 bridgehead atoms. The van der Waals surface area contributed by atoms with Gasteiger partial charge < -0.3 is 14.5 Å². The van der Waals surface area contributed by atoms with E-state index in [2.05, 4.69) is 16.4 Å². The number of fused-ring (bicyclic) bond motifs is 1. The van der Waals surface area contributed by atoms with Crippen LogP contribution < -0.4 is 15.8 Å². The standard InChI is InChI=1S/C16H16N2O3S/c1-20-14-5-3-10(7-15(14)22-2)9-17-11-4-6-13-12(8-11)18-16(19)21-13/h3-8,17H,9H2,1-2H3,(H,18,19). The van der Waals surface area contributed by atoms with Crippen molar-refractivity contribution >= 4 is 28.5 Å². The summed E-state index contributed by atoms with van der Waals surface area (Å²) in [6.07, 6.45) is 2.03. The van der Waals surface area contributed by atoms with E-state index in [1.165, 1.54) is 0 Å². The number of hydrogen-bond acceptors (Lipinski definition) is 5. The van der Waals surface area contributed by atoms with Gasteiger partial charge in [0.05, 0.1) is 12.6 Å². The molecule has 0 saturated carbocycles. The fraction of sp³-hybridized carbons (Fsp3) is 0.188. The maximum atomic E-state index is 11.2. The molecule has 6 heteroatoms. The molecule has 22 heavy (non-hydrogen) atoms. The highest BCUT2D eigenvalue weighted by molar-refractivity contribution is 7.98. The third kappa shape index (κ3) is 2.96. The molecule has 2 aromatic carbocycles. The summed E-state index contributed by atoms with van der Waals surface area (Å²) >= 11 is 1.66. The molecule has 0 fully saturated rings. The van der Waals surface area contributed by atoms with Crippen LogP contribution in [0.1, 0.15) is 5.56 Å². The molecule has 0 aliphatic carbocycles. The second-order valence-corrected chi connectivity index (χ2v) is 5.62. The van der Waals surface area contributed by atoms with Gasteiger partial charge in [-0.3, -0.25) is 4.98 Å². The third-order valence-electron chi connectivity index (χ3n) is 3.36. The lowest BCUT2D eigenvalue weighted by Gasteiger charge is -2.10. The summed E-state index contributed by atoms with van der Waals surface area (Å²) in [4.78, 5) is 14.9. The van der Waals surface area contributed by atoms with Crippen LogP contribution in [-0.2, 0) is 6.54 Å². The fourth-order valence-electron chi connectivity index (χ4n) is 2.26. The molecule has 0 spiro atoms. The Hall–Kier alpha value is -2.34. The van der Waals surface area contributed by atoms with Crippen molar-refractivity contribution in [2.24, 2.45) is 0 Å². The summed E-state index contributed by atoms with van der Waals surface area (Å²) < 4.78 is 10.3. The van der Waals surface area contributed by atoms with Gasteiger partial charge in [-0.2, -0.15) is 0 Å². The lowest BCUT2D eigenvalue weighted by atomic mass is 10.2. The Labute approximate surface area is 131 Å². The van der Waals surface area contributed by atoms with E-state index < -0.39 is 5.76 Å². The van der Waals surface area contributed by atoms with Crippen LogP contribution in [0.3, 0.4) is 0 Å². The molecule has 3 rings (SSSR count). The molecule has 1 heterocycles. The van der Waals surface area contributed by atoms with Crippen LogP contribution in [0.25, 0.3) is 11.1 Å². The van der Waals surface area contributed by atoms with Gasteiger partial charge in [0.15, 0.2) is 5.58 Å². The van der Waals surface area contributed by atoms with E-state index in [1.54, 1.807) is 24.9 Å². The molecule has 114 valence electrons. The highest BCUT2D eigenvalue weighted by atomic mass is 32.2. The Morgan fingerprint density at radius 1 is 1.27 bits per heavy atom. The number of methoxy groups -OCH3 is 1. The molecule has 0 amide bonds. The van der Waals surface area contributed by atoms with E-state index in [9.17, 15) is 4.79 Å². The second-order valence-electron chi connectivity index (χ2n) is 4.77. The average Bonchev–Trinajstić information content (AvgIpc) is 2.91. The molecule has 0 aliphatic rings. The van der Waals surface area contributed by atoms with Crippen LogP contribution in [0.2, 0.25) is 0 Å². The number of rotatable bonds is 5. The molecular weight excluding hydrogens is 300 g/mol. The molecule has 3 aromatic rings. The maximum absolute atomic E-state index is 11.2. The van der Waals surface area contributed by atoms with Crippen molar-refractivity contribution in [3.63, 3.8) is 0 Å². The molecule has 5 nitrogen and oxygen atoms in total. The highest BCUT2D eigenvalue weighted by Crippen LogP contribution is 2.28. The molecule has 0 unspecified atom stereocenters. The molecule has 2 N–H and O–H groups in total. The number of nitrogens with one attached hydrogen (secondary N) is 2. The zero-order valence-electron chi connectivity index (χ0n) is 12.3. The molecule has 0 saturated heterocycles. The lowest BCUT2D eigenvalue weighted by Crippen LogP contribution is -2.00. The van der Waals surface area contributed by atoms with Gasteiger partial charge in [-0.15, -0.1) is 11.8 Å². The van der Waals surface area contributed by atoms with Crippen molar-refractivity contribution < 1.29 is 9.15 Å². The number of thioether (sulfide) groups is 1. The maximum Gasteiger partial charge on any atom is 0.417 e. The summed E-state index contributed by atoms with van der Waals surface area (Å²) in [6.45, 7) is 0.686. The van der Waals surface area contributed by atoms with Gasteiger partial charge in [0.1, 0.15) is 5.75 Å². The molecular formula is C16H16N2O3S. The smallest absolute Gasteiger partial charge is 0.417 e. The van der Waals surface area contributed by atoms with E-state index in [0.717, 1.165) is 21.9 Å². The Morgan fingerprint density at radius 3 is 2.91 bits per heavy atom. The minimum Gasteiger partial charge on any atom is -0.496 e. The van der Waals surface area contributed by atoms with Gasteiger partial charge in [-0.1, -0.05) is 6.07 Å². The van der Waals surface area contributed by atoms with Crippen LogP contribution in [0.5, 0.6) is 5.75 Å². The van der Waals surface area contributed by atoms with Gasteiger partial charge in [0.25, 0.3) is 0 Å². The van der Waals surface area contributed by atoms with E-state index in [1.807, 2.05) is 30.5 Å². The Kier molecular flexibility index (Phi) is 4.11. The first-order valence-electron chi connectivity index (χ1n) is 6.77.